The minimum Gasteiger partial charge on any atom is -0.484 e. The molecular weight excluding hydrogens is 294 g/mol. The van der Waals surface area contributed by atoms with E-state index < -0.39 is 11.4 Å². The minimum atomic E-state index is -0.884. The molecule has 0 aliphatic heterocycles. The van der Waals surface area contributed by atoms with Gasteiger partial charge in [-0.15, -0.1) is 0 Å². The van der Waals surface area contributed by atoms with Crippen molar-refractivity contribution >= 4 is 23.5 Å². The Morgan fingerprint density at radius 3 is 2.62 bits per heavy atom. The SMILES string of the molecule is Cc1cc(Cl)ccc1OCC(=O)NCCC(C)(C)C(=O)O. The Hall–Kier alpha value is -1.75. The summed E-state index contributed by atoms with van der Waals surface area (Å²) in [6.07, 6.45) is 0.355. The maximum absolute atomic E-state index is 11.6. The van der Waals surface area contributed by atoms with E-state index in [0.717, 1.165) is 5.56 Å². The molecule has 0 heterocycles. The summed E-state index contributed by atoms with van der Waals surface area (Å²) in [6.45, 7) is 5.26. The molecule has 21 heavy (non-hydrogen) atoms. The molecule has 0 spiro atoms. The molecule has 0 radical (unpaired) electrons. The van der Waals surface area contributed by atoms with Crippen LogP contribution < -0.4 is 10.1 Å². The van der Waals surface area contributed by atoms with Gasteiger partial charge in [0.1, 0.15) is 5.75 Å². The van der Waals surface area contributed by atoms with E-state index in [-0.39, 0.29) is 12.5 Å². The molecular formula is C15H20ClNO4. The largest absolute Gasteiger partial charge is 0.484 e. The van der Waals surface area contributed by atoms with Crippen LogP contribution in [0.4, 0.5) is 0 Å². The van der Waals surface area contributed by atoms with Crippen LogP contribution in [0.25, 0.3) is 0 Å². The van der Waals surface area contributed by atoms with Crippen LogP contribution in [0.5, 0.6) is 5.75 Å². The third kappa shape index (κ3) is 5.63. The van der Waals surface area contributed by atoms with E-state index in [9.17, 15) is 9.59 Å². The van der Waals surface area contributed by atoms with E-state index in [1.807, 2.05) is 6.92 Å². The van der Waals surface area contributed by atoms with Crippen LogP contribution in [0.15, 0.2) is 18.2 Å². The predicted octanol–water partition coefficient (Wildman–Crippen LogP) is 2.64. The molecule has 1 aromatic carbocycles. The zero-order chi connectivity index (χ0) is 16.0. The summed E-state index contributed by atoms with van der Waals surface area (Å²) >= 11 is 5.83. The number of aryl methyl sites for hydroxylation is 1. The van der Waals surface area contributed by atoms with Gasteiger partial charge in [-0.25, -0.2) is 0 Å². The van der Waals surface area contributed by atoms with Gasteiger partial charge in [0.15, 0.2) is 6.61 Å². The molecule has 1 amide bonds. The number of amides is 1. The van der Waals surface area contributed by atoms with Crippen molar-refractivity contribution in [1.82, 2.24) is 5.32 Å². The van der Waals surface area contributed by atoms with Crippen molar-refractivity contribution in [2.75, 3.05) is 13.2 Å². The average molecular weight is 314 g/mol. The first-order valence-electron chi connectivity index (χ1n) is 6.61. The molecule has 2 N–H and O–H groups in total. The summed E-state index contributed by atoms with van der Waals surface area (Å²) in [6, 6.07) is 5.15. The van der Waals surface area contributed by atoms with Crippen LogP contribution in [0.1, 0.15) is 25.8 Å². The number of carbonyl (C=O) groups excluding carboxylic acids is 1. The zero-order valence-corrected chi connectivity index (χ0v) is 13.2. The van der Waals surface area contributed by atoms with E-state index in [1.165, 1.54) is 0 Å². The normalized spacial score (nSPS) is 11.0. The second kappa shape index (κ2) is 7.31. The number of benzene rings is 1. The van der Waals surface area contributed by atoms with Crippen LogP contribution in [-0.4, -0.2) is 30.1 Å². The number of ether oxygens (including phenoxy) is 1. The van der Waals surface area contributed by atoms with Crippen molar-refractivity contribution in [3.63, 3.8) is 0 Å². The lowest BCUT2D eigenvalue weighted by atomic mass is 9.90. The molecule has 1 rings (SSSR count). The summed E-state index contributed by atoms with van der Waals surface area (Å²) < 4.78 is 5.40. The van der Waals surface area contributed by atoms with Gasteiger partial charge >= 0.3 is 5.97 Å². The molecule has 0 unspecified atom stereocenters. The highest BCUT2D eigenvalue weighted by Crippen LogP contribution is 2.21. The Morgan fingerprint density at radius 1 is 1.38 bits per heavy atom. The predicted molar refractivity (Wildman–Crippen MR) is 80.7 cm³/mol. The molecule has 0 bridgehead atoms. The smallest absolute Gasteiger partial charge is 0.309 e. The lowest BCUT2D eigenvalue weighted by Gasteiger charge is -2.19. The van der Waals surface area contributed by atoms with Gasteiger partial charge in [-0.3, -0.25) is 9.59 Å². The lowest BCUT2D eigenvalue weighted by Crippen LogP contribution is -2.34. The minimum absolute atomic E-state index is 0.115. The van der Waals surface area contributed by atoms with E-state index in [1.54, 1.807) is 32.0 Å². The Bertz CT molecular complexity index is 528. The summed E-state index contributed by atoms with van der Waals surface area (Å²) in [5.74, 6) is -0.573. The third-order valence-electron chi connectivity index (χ3n) is 3.15. The van der Waals surface area contributed by atoms with Gasteiger partial charge < -0.3 is 15.2 Å². The third-order valence-corrected chi connectivity index (χ3v) is 3.38. The molecule has 0 atom stereocenters. The van der Waals surface area contributed by atoms with Crippen molar-refractivity contribution in [3.8, 4) is 5.75 Å². The van der Waals surface area contributed by atoms with Crippen LogP contribution in [0, 0.1) is 12.3 Å². The van der Waals surface area contributed by atoms with Crippen LogP contribution in [0.3, 0.4) is 0 Å². The topological polar surface area (TPSA) is 75.6 Å². The molecule has 0 aliphatic rings. The molecule has 116 valence electrons. The van der Waals surface area contributed by atoms with Crippen LogP contribution >= 0.6 is 11.6 Å². The molecule has 0 saturated carbocycles. The van der Waals surface area contributed by atoms with Crippen molar-refractivity contribution in [2.45, 2.75) is 27.2 Å². The van der Waals surface area contributed by atoms with Gasteiger partial charge in [-0.2, -0.15) is 0 Å². The number of carboxylic acids is 1. The second-order valence-corrected chi connectivity index (χ2v) is 5.92. The Kier molecular flexibility index (Phi) is 6.03. The monoisotopic (exact) mass is 313 g/mol. The van der Waals surface area contributed by atoms with Gasteiger partial charge in [0, 0.05) is 11.6 Å². The maximum Gasteiger partial charge on any atom is 0.309 e. The first kappa shape index (κ1) is 17.3. The first-order valence-corrected chi connectivity index (χ1v) is 6.99. The van der Waals surface area contributed by atoms with Crippen molar-refractivity contribution < 1.29 is 19.4 Å². The Balaban J connectivity index is 2.36. The molecule has 0 aromatic heterocycles. The quantitative estimate of drug-likeness (QED) is 0.811. The Morgan fingerprint density at radius 2 is 2.05 bits per heavy atom. The molecule has 0 saturated heterocycles. The van der Waals surface area contributed by atoms with Crippen LogP contribution in [-0.2, 0) is 9.59 Å². The summed E-state index contributed by atoms with van der Waals surface area (Å²) in [5, 5.41) is 12.2. The molecule has 1 aromatic rings. The highest BCUT2D eigenvalue weighted by atomic mass is 35.5. The highest BCUT2D eigenvalue weighted by Gasteiger charge is 2.26. The number of nitrogens with one attached hydrogen (secondary N) is 1. The first-order chi connectivity index (χ1) is 9.72. The molecule has 0 aliphatic carbocycles. The molecule has 5 nitrogen and oxygen atoms in total. The maximum atomic E-state index is 11.6. The van der Waals surface area contributed by atoms with Gasteiger partial charge in [-0.1, -0.05) is 11.6 Å². The average Bonchev–Trinajstić information content (AvgIpc) is 2.37. The van der Waals surface area contributed by atoms with Gasteiger partial charge in [0.05, 0.1) is 5.41 Å². The fourth-order valence-electron chi connectivity index (χ4n) is 1.59. The molecule has 6 heteroatoms. The lowest BCUT2D eigenvalue weighted by molar-refractivity contribution is -0.147. The van der Waals surface area contributed by atoms with Gasteiger partial charge in [0.2, 0.25) is 0 Å². The Labute approximate surface area is 129 Å². The summed E-state index contributed by atoms with van der Waals surface area (Å²) in [4.78, 5) is 22.6. The highest BCUT2D eigenvalue weighted by molar-refractivity contribution is 6.30. The molecule has 0 fully saturated rings. The van der Waals surface area contributed by atoms with Gasteiger partial charge in [-0.05, 0) is 51.0 Å². The van der Waals surface area contributed by atoms with Crippen LogP contribution in [0.2, 0.25) is 5.02 Å². The number of aliphatic carboxylic acids is 1. The van der Waals surface area contributed by atoms with Crippen molar-refractivity contribution in [1.29, 1.82) is 0 Å². The summed E-state index contributed by atoms with van der Waals surface area (Å²) in [5.41, 5.74) is -0.0109. The van der Waals surface area contributed by atoms with Crippen molar-refractivity contribution in [2.24, 2.45) is 5.41 Å². The number of halogens is 1. The zero-order valence-electron chi connectivity index (χ0n) is 12.4. The van der Waals surface area contributed by atoms with Gasteiger partial charge in [0.25, 0.3) is 5.91 Å². The number of carboxylic acid groups (broad SMARTS) is 1. The second-order valence-electron chi connectivity index (χ2n) is 5.49. The number of hydrogen-bond acceptors (Lipinski definition) is 3. The fourth-order valence-corrected chi connectivity index (χ4v) is 1.82. The number of hydrogen-bond donors (Lipinski definition) is 2. The summed E-state index contributed by atoms with van der Waals surface area (Å²) in [7, 11) is 0. The number of carbonyl (C=O) groups is 2. The fraction of sp³-hybridized carbons (Fsp3) is 0.467. The van der Waals surface area contributed by atoms with E-state index in [2.05, 4.69) is 5.32 Å². The standard InChI is InChI=1S/C15H20ClNO4/c1-10-8-11(16)4-5-12(10)21-9-13(18)17-7-6-15(2,3)14(19)20/h4-5,8H,6-7,9H2,1-3H3,(H,17,18)(H,19,20). The number of rotatable bonds is 7. The van der Waals surface area contributed by atoms with Crippen molar-refractivity contribution in [3.05, 3.63) is 28.8 Å². The van der Waals surface area contributed by atoms with E-state index in [0.29, 0.717) is 23.7 Å². The van der Waals surface area contributed by atoms with E-state index in [4.69, 9.17) is 21.4 Å². The van der Waals surface area contributed by atoms with E-state index >= 15 is 0 Å².